The third kappa shape index (κ3) is 3.54. The molecule has 2 amide bonds. The lowest BCUT2D eigenvalue weighted by molar-refractivity contribution is -0.146. The maximum absolute atomic E-state index is 11.9. The van der Waals surface area contributed by atoms with E-state index in [-0.39, 0.29) is 17.3 Å². The van der Waals surface area contributed by atoms with Gasteiger partial charge in [-0.25, -0.2) is 4.79 Å². The van der Waals surface area contributed by atoms with Crippen molar-refractivity contribution < 1.29 is 14.7 Å². The second kappa shape index (κ2) is 5.38. The molecule has 18 heavy (non-hydrogen) atoms. The number of urea groups is 1. The van der Waals surface area contributed by atoms with Gasteiger partial charge in [0.1, 0.15) is 0 Å². The van der Waals surface area contributed by atoms with Crippen LogP contribution in [0.1, 0.15) is 27.2 Å². The van der Waals surface area contributed by atoms with Crippen LogP contribution in [0.4, 0.5) is 4.79 Å². The van der Waals surface area contributed by atoms with E-state index in [0.717, 1.165) is 0 Å². The topological polar surface area (TPSA) is 69.6 Å². The highest BCUT2D eigenvalue weighted by Crippen LogP contribution is 2.30. The molecule has 1 heterocycles. The highest BCUT2D eigenvalue weighted by Gasteiger charge is 2.42. The first kappa shape index (κ1) is 15.1. The van der Waals surface area contributed by atoms with E-state index in [1.54, 1.807) is 23.6 Å². The summed E-state index contributed by atoms with van der Waals surface area (Å²) in [6.45, 7) is 7.18. The number of rotatable bonds is 4. The van der Waals surface area contributed by atoms with E-state index >= 15 is 0 Å². The molecule has 1 aliphatic heterocycles. The summed E-state index contributed by atoms with van der Waals surface area (Å²) in [5.41, 5.74) is -0.799. The largest absolute Gasteiger partial charge is 0.481 e. The molecular formula is C12H22N2O3S. The van der Waals surface area contributed by atoms with Crippen molar-refractivity contribution in [3.63, 3.8) is 0 Å². The standard InChI is InChI=1S/C12H22N2O3S/c1-11(2,18-4)7-13-10(17)14-6-5-12(3,8-14)9(15)16/h5-8H2,1-4H3,(H,13,17)(H,15,16). The van der Waals surface area contributed by atoms with Crippen molar-refractivity contribution in [3.8, 4) is 0 Å². The molecule has 0 aromatic heterocycles. The average molecular weight is 274 g/mol. The summed E-state index contributed by atoms with van der Waals surface area (Å²) >= 11 is 1.69. The number of thioether (sulfide) groups is 1. The van der Waals surface area contributed by atoms with Gasteiger partial charge < -0.3 is 15.3 Å². The van der Waals surface area contributed by atoms with Crippen LogP contribution in [-0.4, -0.2) is 52.6 Å². The lowest BCUT2D eigenvalue weighted by Crippen LogP contribution is -2.44. The number of carboxylic acid groups (broad SMARTS) is 1. The number of nitrogens with one attached hydrogen (secondary N) is 1. The first-order valence-electron chi connectivity index (χ1n) is 6.01. The Morgan fingerprint density at radius 3 is 2.56 bits per heavy atom. The zero-order valence-electron chi connectivity index (χ0n) is 11.4. The van der Waals surface area contributed by atoms with E-state index in [4.69, 9.17) is 5.11 Å². The molecule has 0 aromatic carbocycles. The molecule has 104 valence electrons. The SMILES string of the molecule is CSC(C)(C)CNC(=O)N1CCC(C)(C(=O)O)C1. The van der Waals surface area contributed by atoms with Crippen LogP contribution in [0.25, 0.3) is 0 Å². The van der Waals surface area contributed by atoms with Crippen molar-refractivity contribution in [2.45, 2.75) is 31.9 Å². The minimum Gasteiger partial charge on any atom is -0.481 e. The molecule has 1 atom stereocenters. The summed E-state index contributed by atoms with van der Waals surface area (Å²) in [6.07, 6.45) is 2.52. The maximum Gasteiger partial charge on any atom is 0.317 e. The first-order valence-corrected chi connectivity index (χ1v) is 7.24. The third-order valence-electron chi connectivity index (χ3n) is 3.49. The number of amides is 2. The molecule has 0 bridgehead atoms. The van der Waals surface area contributed by atoms with Crippen LogP contribution >= 0.6 is 11.8 Å². The summed E-state index contributed by atoms with van der Waals surface area (Å²) in [6, 6.07) is -0.165. The van der Waals surface area contributed by atoms with Crippen molar-refractivity contribution in [1.29, 1.82) is 0 Å². The Balaban J connectivity index is 2.49. The number of hydrogen-bond acceptors (Lipinski definition) is 3. The van der Waals surface area contributed by atoms with Crippen molar-refractivity contribution >= 4 is 23.8 Å². The Bertz CT molecular complexity index is 346. The Morgan fingerprint density at radius 2 is 2.11 bits per heavy atom. The average Bonchev–Trinajstić information content (AvgIpc) is 2.70. The molecule has 1 unspecified atom stereocenters. The second-order valence-electron chi connectivity index (χ2n) is 5.66. The van der Waals surface area contributed by atoms with Gasteiger partial charge in [0.05, 0.1) is 5.41 Å². The number of nitrogens with zero attached hydrogens (tertiary/aromatic N) is 1. The molecule has 0 spiro atoms. The summed E-state index contributed by atoms with van der Waals surface area (Å²) in [5.74, 6) is -0.831. The summed E-state index contributed by atoms with van der Waals surface area (Å²) < 4.78 is -0.00845. The molecule has 5 nitrogen and oxygen atoms in total. The monoisotopic (exact) mass is 274 g/mol. The fraction of sp³-hybridized carbons (Fsp3) is 0.833. The Morgan fingerprint density at radius 1 is 1.50 bits per heavy atom. The van der Waals surface area contributed by atoms with Gasteiger partial charge in [0.25, 0.3) is 0 Å². The third-order valence-corrected chi connectivity index (χ3v) is 4.74. The Kier molecular flexibility index (Phi) is 4.53. The Hall–Kier alpha value is -0.910. The predicted molar refractivity (Wildman–Crippen MR) is 72.9 cm³/mol. The molecular weight excluding hydrogens is 252 g/mol. The fourth-order valence-electron chi connectivity index (χ4n) is 1.78. The number of carbonyl (C=O) groups excluding carboxylic acids is 1. The lowest BCUT2D eigenvalue weighted by atomic mass is 9.90. The molecule has 0 radical (unpaired) electrons. The van der Waals surface area contributed by atoms with E-state index in [0.29, 0.717) is 19.5 Å². The normalized spacial score (nSPS) is 24.1. The summed E-state index contributed by atoms with van der Waals surface area (Å²) in [7, 11) is 0. The van der Waals surface area contributed by atoms with Gasteiger partial charge in [-0.1, -0.05) is 0 Å². The quantitative estimate of drug-likeness (QED) is 0.817. The molecule has 0 saturated carbocycles. The minimum atomic E-state index is -0.831. The fourth-order valence-corrected chi connectivity index (χ4v) is 2.00. The second-order valence-corrected chi connectivity index (χ2v) is 7.17. The zero-order chi connectivity index (χ0) is 14.0. The van der Waals surface area contributed by atoms with E-state index in [9.17, 15) is 9.59 Å². The van der Waals surface area contributed by atoms with Gasteiger partial charge in [-0.15, -0.1) is 0 Å². The van der Waals surface area contributed by atoms with Crippen LogP contribution in [0.2, 0.25) is 0 Å². The zero-order valence-corrected chi connectivity index (χ0v) is 12.3. The van der Waals surface area contributed by atoms with Crippen LogP contribution in [0.15, 0.2) is 0 Å². The van der Waals surface area contributed by atoms with Crippen LogP contribution in [0.5, 0.6) is 0 Å². The van der Waals surface area contributed by atoms with Gasteiger partial charge in [-0.05, 0) is 33.4 Å². The van der Waals surface area contributed by atoms with Crippen LogP contribution in [-0.2, 0) is 4.79 Å². The minimum absolute atomic E-state index is 0.00845. The van der Waals surface area contributed by atoms with Crippen LogP contribution < -0.4 is 5.32 Å². The van der Waals surface area contributed by atoms with Gasteiger partial charge >= 0.3 is 12.0 Å². The number of likely N-dealkylation sites (tertiary alicyclic amines) is 1. The van der Waals surface area contributed by atoms with Gasteiger partial charge in [0.2, 0.25) is 0 Å². The molecule has 0 aliphatic carbocycles. The first-order chi connectivity index (χ1) is 8.20. The van der Waals surface area contributed by atoms with Crippen molar-refractivity contribution in [2.24, 2.45) is 5.41 Å². The van der Waals surface area contributed by atoms with E-state index in [2.05, 4.69) is 19.2 Å². The summed E-state index contributed by atoms with van der Waals surface area (Å²) in [4.78, 5) is 24.6. The predicted octanol–water partition coefficient (Wildman–Crippen LogP) is 1.63. The van der Waals surface area contributed by atoms with Gasteiger partial charge in [0.15, 0.2) is 0 Å². The molecule has 1 saturated heterocycles. The van der Waals surface area contributed by atoms with Crippen LogP contribution in [0.3, 0.4) is 0 Å². The lowest BCUT2D eigenvalue weighted by Gasteiger charge is -2.25. The van der Waals surface area contributed by atoms with Gasteiger partial charge in [0, 0.05) is 24.4 Å². The van der Waals surface area contributed by atoms with E-state index in [1.165, 1.54) is 0 Å². The highest BCUT2D eigenvalue weighted by atomic mass is 32.2. The smallest absolute Gasteiger partial charge is 0.317 e. The summed E-state index contributed by atoms with van der Waals surface area (Å²) in [5, 5.41) is 12.0. The molecule has 0 aromatic rings. The maximum atomic E-state index is 11.9. The van der Waals surface area contributed by atoms with E-state index < -0.39 is 11.4 Å². The van der Waals surface area contributed by atoms with Crippen molar-refractivity contribution in [3.05, 3.63) is 0 Å². The number of aliphatic carboxylic acids is 1. The van der Waals surface area contributed by atoms with Gasteiger partial charge in [-0.2, -0.15) is 11.8 Å². The molecule has 1 aliphatic rings. The molecule has 1 fully saturated rings. The molecule has 1 rings (SSSR count). The number of carboxylic acids is 1. The number of carbonyl (C=O) groups is 2. The van der Waals surface area contributed by atoms with Gasteiger partial charge in [-0.3, -0.25) is 4.79 Å². The van der Waals surface area contributed by atoms with Crippen molar-refractivity contribution in [2.75, 3.05) is 25.9 Å². The molecule has 6 heteroatoms. The highest BCUT2D eigenvalue weighted by molar-refractivity contribution is 7.99. The Labute approximate surface area is 112 Å². The number of hydrogen-bond donors (Lipinski definition) is 2. The van der Waals surface area contributed by atoms with E-state index in [1.807, 2.05) is 6.26 Å². The van der Waals surface area contributed by atoms with Crippen molar-refractivity contribution in [1.82, 2.24) is 10.2 Å². The molecule has 2 N–H and O–H groups in total. The van der Waals surface area contributed by atoms with Crippen LogP contribution in [0, 0.1) is 5.41 Å².